The summed E-state index contributed by atoms with van der Waals surface area (Å²) < 4.78 is 62.9. The van der Waals surface area contributed by atoms with Gasteiger partial charge < -0.3 is 0 Å². The minimum absolute atomic E-state index is 0.0160. The quantitative estimate of drug-likeness (QED) is 0.625. The zero-order valence-electron chi connectivity index (χ0n) is 13.3. The van der Waals surface area contributed by atoms with E-state index in [-0.39, 0.29) is 4.90 Å². The van der Waals surface area contributed by atoms with Crippen molar-refractivity contribution in [3.8, 4) is 0 Å². The second kappa shape index (κ2) is 7.19. The lowest BCUT2D eigenvalue weighted by Gasteiger charge is -2.08. The SMILES string of the molecule is CNS(=O)(=O)c1ccc(/C(C)=N/Nc2ccc(C(F)(F)F)cc2)nc1. The largest absolute Gasteiger partial charge is 0.416 e. The van der Waals surface area contributed by atoms with Gasteiger partial charge in [-0.25, -0.2) is 13.1 Å². The minimum Gasteiger partial charge on any atom is -0.278 e. The Bertz CT molecular complexity index is 861. The number of benzene rings is 1. The molecule has 1 aromatic heterocycles. The average molecular weight is 372 g/mol. The molecular weight excluding hydrogens is 357 g/mol. The summed E-state index contributed by atoms with van der Waals surface area (Å²) in [5, 5.41) is 4.03. The van der Waals surface area contributed by atoms with Crippen LogP contribution in [0.1, 0.15) is 18.2 Å². The molecule has 0 aliphatic carbocycles. The van der Waals surface area contributed by atoms with E-state index in [1.54, 1.807) is 6.92 Å². The van der Waals surface area contributed by atoms with Gasteiger partial charge in [0.05, 0.1) is 22.7 Å². The third-order valence-electron chi connectivity index (χ3n) is 3.25. The van der Waals surface area contributed by atoms with Crippen molar-refractivity contribution >= 4 is 21.4 Å². The lowest BCUT2D eigenvalue weighted by Crippen LogP contribution is -2.19. The Kier molecular flexibility index (Phi) is 5.43. The highest BCUT2D eigenvalue weighted by atomic mass is 32.2. The van der Waals surface area contributed by atoms with Gasteiger partial charge in [0.15, 0.2) is 0 Å². The van der Waals surface area contributed by atoms with Gasteiger partial charge >= 0.3 is 6.18 Å². The van der Waals surface area contributed by atoms with Gasteiger partial charge in [-0.3, -0.25) is 10.4 Å². The summed E-state index contributed by atoms with van der Waals surface area (Å²) in [5.74, 6) is 0. The predicted octanol–water partition coefficient (Wildman–Crippen LogP) is 2.84. The number of rotatable bonds is 5. The van der Waals surface area contributed by atoms with Crippen LogP contribution in [0.5, 0.6) is 0 Å². The number of alkyl halides is 3. The van der Waals surface area contributed by atoms with Gasteiger partial charge in [-0.05, 0) is 50.4 Å². The maximum atomic E-state index is 12.5. The van der Waals surface area contributed by atoms with Crippen molar-refractivity contribution in [2.45, 2.75) is 18.0 Å². The molecule has 2 aromatic rings. The Balaban J connectivity index is 2.11. The second-order valence-corrected chi connectivity index (χ2v) is 6.86. The summed E-state index contributed by atoms with van der Waals surface area (Å²) in [6.45, 7) is 1.63. The molecule has 6 nitrogen and oxygen atoms in total. The lowest BCUT2D eigenvalue weighted by atomic mass is 10.2. The molecule has 2 rings (SSSR count). The van der Waals surface area contributed by atoms with Crippen molar-refractivity contribution in [3.05, 3.63) is 53.9 Å². The Morgan fingerprint density at radius 3 is 2.24 bits per heavy atom. The van der Waals surface area contributed by atoms with Crippen molar-refractivity contribution in [1.82, 2.24) is 9.71 Å². The highest BCUT2D eigenvalue weighted by Crippen LogP contribution is 2.29. The molecule has 10 heteroatoms. The van der Waals surface area contributed by atoms with Gasteiger partial charge in [0.25, 0.3) is 0 Å². The summed E-state index contributed by atoms with van der Waals surface area (Å²) in [5.41, 5.74) is 3.12. The van der Waals surface area contributed by atoms with E-state index in [2.05, 4.69) is 20.2 Å². The maximum absolute atomic E-state index is 12.5. The maximum Gasteiger partial charge on any atom is 0.416 e. The van der Waals surface area contributed by atoms with Gasteiger partial charge in [-0.15, -0.1) is 0 Å². The third-order valence-corrected chi connectivity index (χ3v) is 4.65. The van der Waals surface area contributed by atoms with Crippen LogP contribution in [0.2, 0.25) is 0 Å². The zero-order valence-corrected chi connectivity index (χ0v) is 14.1. The molecule has 0 amide bonds. The van der Waals surface area contributed by atoms with E-state index in [0.29, 0.717) is 17.1 Å². The first kappa shape index (κ1) is 18.9. The second-order valence-electron chi connectivity index (χ2n) is 4.97. The normalized spacial score (nSPS) is 12.9. The fraction of sp³-hybridized carbons (Fsp3) is 0.200. The molecule has 0 spiro atoms. The summed E-state index contributed by atoms with van der Waals surface area (Å²) in [4.78, 5) is 4.03. The molecule has 25 heavy (non-hydrogen) atoms. The molecule has 1 aromatic carbocycles. The molecule has 0 saturated heterocycles. The number of anilines is 1. The minimum atomic E-state index is -4.39. The van der Waals surface area contributed by atoms with Crippen LogP contribution >= 0.6 is 0 Å². The molecule has 0 radical (unpaired) electrons. The van der Waals surface area contributed by atoms with Crippen LogP contribution in [0.4, 0.5) is 18.9 Å². The van der Waals surface area contributed by atoms with Crippen molar-refractivity contribution < 1.29 is 21.6 Å². The number of nitrogens with one attached hydrogen (secondary N) is 2. The number of hydrogen-bond acceptors (Lipinski definition) is 5. The number of aromatic nitrogens is 1. The molecule has 0 fully saturated rings. The fourth-order valence-corrected chi connectivity index (χ4v) is 2.48. The summed E-state index contributed by atoms with van der Waals surface area (Å²) in [7, 11) is -2.28. The first-order valence-corrected chi connectivity index (χ1v) is 8.49. The van der Waals surface area contributed by atoms with Crippen LogP contribution in [-0.2, 0) is 16.2 Å². The van der Waals surface area contributed by atoms with Gasteiger partial charge in [0.2, 0.25) is 10.0 Å². The number of pyridine rings is 1. The Hall–Kier alpha value is -2.46. The molecular formula is C15H15F3N4O2S. The lowest BCUT2D eigenvalue weighted by molar-refractivity contribution is -0.137. The summed E-state index contributed by atoms with van der Waals surface area (Å²) >= 11 is 0. The Labute approximate surface area is 142 Å². The van der Waals surface area contributed by atoms with Crippen molar-refractivity contribution in [3.63, 3.8) is 0 Å². The first-order chi connectivity index (χ1) is 11.6. The van der Waals surface area contributed by atoms with Crippen molar-refractivity contribution in [2.75, 3.05) is 12.5 Å². The molecule has 0 atom stereocenters. The fourth-order valence-electron chi connectivity index (χ4n) is 1.81. The monoisotopic (exact) mass is 372 g/mol. The molecule has 0 unspecified atom stereocenters. The molecule has 134 valence electrons. The third kappa shape index (κ3) is 4.77. The zero-order chi connectivity index (χ0) is 18.7. The highest BCUT2D eigenvalue weighted by molar-refractivity contribution is 7.89. The smallest absolute Gasteiger partial charge is 0.278 e. The number of halogens is 3. The molecule has 0 saturated carbocycles. The van der Waals surface area contributed by atoms with E-state index in [1.165, 1.54) is 37.5 Å². The van der Waals surface area contributed by atoms with Crippen LogP contribution in [0.15, 0.2) is 52.6 Å². The van der Waals surface area contributed by atoms with Crippen LogP contribution in [0.25, 0.3) is 0 Å². The Morgan fingerprint density at radius 2 is 1.76 bits per heavy atom. The molecule has 0 aliphatic heterocycles. The van der Waals surface area contributed by atoms with E-state index < -0.39 is 21.8 Å². The van der Waals surface area contributed by atoms with Crippen molar-refractivity contribution in [2.24, 2.45) is 5.10 Å². The highest BCUT2D eigenvalue weighted by Gasteiger charge is 2.29. The standard InChI is InChI=1S/C15H15F3N4O2S/c1-10(14-8-7-13(9-20-14)25(23,24)19-2)21-22-12-5-3-11(4-6-12)15(16,17)18/h3-9,19,22H,1-2H3/b21-10+. The van der Waals surface area contributed by atoms with Crippen LogP contribution < -0.4 is 10.1 Å². The summed E-state index contributed by atoms with van der Waals surface area (Å²) in [6.07, 6.45) is -3.20. The first-order valence-electron chi connectivity index (χ1n) is 7.01. The molecule has 1 heterocycles. The van der Waals surface area contributed by atoms with E-state index in [4.69, 9.17) is 0 Å². The van der Waals surface area contributed by atoms with Gasteiger partial charge in [0, 0.05) is 6.20 Å². The van der Waals surface area contributed by atoms with Crippen LogP contribution in [0, 0.1) is 0 Å². The van der Waals surface area contributed by atoms with E-state index in [1.807, 2.05) is 0 Å². The van der Waals surface area contributed by atoms with Gasteiger partial charge in [-0.1, -0.05) is 0 Å². The van der Waals surface area contributed by atoms with E-state index >= 15 is 0 Å². The average Bonchev–Trinajstić information content (AvgIpc) is 2.59. The van der Waals surface area contributed by atoms with Gasteiger partial charge in [0.1, 0.15) is 4.90 Å². The topological polar surface area (TPSA) is 83.5 Å². The van der Waals surface area contributed by atoms with Crippen LogP contribution in [0.3, 0.4) is 0 Å². The molecule has 0 aliphatic rings. The number of nitrogens with zero attached hydrogens (tertiary/aromatic N) is 2. The van der Waals surface area contributed by atoms with E-state index in [9.17, 15) is 21.6 Å². The van der Waals surface area contributed by atoms with Crippen molar-refractivity contribution in [1.29, 1.82) is 0 Å². The number of hydrazone groups is 1. The summed E-state index contributed by atoms with van der Waals surface area (Å²) in [6, 6.07) is 7.28. The predicted molar refractivity (Wildman–Crippen MR) is 87.8 cm³/mol. The van der Waals surface area contributed by atoms with Crippen LogP contribution in [-0.4, -0.2) is 26.2 Å². The number of sulfonamides is 1. The molecule has 0 bridgehead atoms. The van der Waals surface area contributed by atoms with Gasteiger partial charge in [-0.2, -0.15) is 18.3 Å². The van der Waals surface area contributed by atoms with E-state index in [0.717, 1.165) is 12.1 Å². The number of hydrogen-bond donors (Lipinski definition) is 2. The molecule has 2 N–H and O–H groups in total. The Morgan fingerprint density at radius 1 is 1.12 bits per heavy atom.